The van der Waals surface area contributed by atoms with Crippen LogP contribution in [0.5, 0.6) is 0 Å². The van der Waals surface area contributed by atoms with Gasteiger partial charge in [-0.15, -0.1) is 0 Å². The smallest absolute Gasteiger partial charge is 0.453 e. The lowest BCUT2D eigenvalue weighted by Crippen LogP contribution is -2.41. The first-order valence-electron chi connectivity index (χ1n) is 6.41. The molecular formula is C13H19BN2O4. The summed E-state index contributed by atoms with van der Waals surface area (Å²) in [5, 5.41) is 2.56. The van der Waals surface area contributed by atoms with Gasteiger partial charge in [-0.05, 0) is 33.8 Å². The van der Waals surface area contributed by atoms with Gasteiger partial charge in [0, 0.05) is 11.7 Å². The summed E-state index contributed by atoms with van der Waals surface area (Å²) < 4.78 is 16.4. The van der Waals surface area contributed by atoms with Gasteiger partial charge in [0.1, 0.15) is 0 Å². The Labute approximate surface area is 119 Å². The molecule has 7 heteroatoms. The summed E-state index contributed by atoms with van der Waals surface area (Å²) in [5.41, 5.74) is 0.453. The van der Waals surface area contributed by atoms with Gasteiger partial charge < -0.3 is 14.0 Å². The fourth-order valence-electron chi connectivity index (χ4n) is 1.80. The van der Waals surface area contributed by atoms with Crippen LogP contribution < -0.4 is 10.8 Å². The lowest BCUT2D eigenvalue weighted by Gasteiger charge is -2.32. The zero-order chi connectivity index (χ0) is 15.0. The van der Waals surface area contributed by atoms with E-state index in [4.69, 9.17) is 9.31 Å². The molecule has 0 bridgehead atoms. The summed E-state index contributed by atoms with van der Waals surface area (Å²) in [5.74, 6) is 0. The number of hydrogen-bond acceptors (Lipinski definition) is 5. The number of carbonyl (C=O) groups excluding carboxylic acids is 1. The van der Waals surface area contributed by atoms with Gasteiger partial charge in [-0.2, -0.15) is 0 Å². The van der Waals surface area contributed by atoms with E-state index >= 15 is 0 Å². The van der Waals surface area contributed by atoms with Crippen LogP contribution in [-0.4, -0.2) is 36.5 Å². The molecule has 0 aliphatic carbocycles. The minimum absolute atomic E-state index is 0.413. The van der Waals surface area contributed by atoms with E-state index in [1.165, 1.54) is 13.3 Å². The number of carbonyl (C=O) groups is 1. The molecule has 0 spiro atoms. The van der Waals surface area contributed by atoms with Crippen molar-refractivity contribution in [2.45, 2.75) is 38.9 Å². The van der Waals surface area contributed by atoms with E-state index in [9.17, 15) is 4.79 Å². The third-order valence-corrected chi connectivity index (χ3v) is 3.72. The first-order chi connectivity index (χ1) is 9.25. The molecule has 1 amide bonds. The molecule has 0 aromatic carbocycles. The number of ether oxygens (including phenoxy) is 1. The van der Waals surface area contributed by atoms with Crippen LogP contribution >= 0.6 is 0 Å². The Bertz CT molecular complexity index is 503. The predicted octanol–water partition coefficient (Wildman–Crippen LogP) is 1.56. The second-order valence-electron chi connectivity index (χ2n) is 5.71. The highest BCUT2D eigenvalue weighted by atomic mass is 16.7. The Balaban J connectivity index is 2.19. The molecule has 1 fully saturated rings. The van der Waals surface area contributed by atoms with Gasteiger partial charge in [0.15, 0.2) is 0 Å². The summed E-state index contributed by atoms with van der Waals surface area (Å²) in [7, 11) is 0.799. The second-order valence-corrected chi connectivity index (χ2v) is 5.71. The average Bonchev–Trinajstić information content (AvgIpc) is 2.59. The maximum Gasteiger partial charge on any atom is 0.496 e. The summed E-state index contributed by atoms with van der Waals surface area (Å²) in [6.45, 7) is 7.93. The number of aromatic nitrogens is 1. The van der Waals surface area contributed by atoms with Crippen molar-refractivity contribution in [3.8, 4) is 0 Å². The Kier molecular flexibility index (Phi) is 3.75. The molecule has 1 aliphatic heterocycles. The Hall–Kier alpha value is -1.60. The van der Waals surface area contributed by atoms with Gasteiger partial charge in [-0.1, -0.05) is 0 Å². The molecule has 1 aromatic heterocycles. The molecule has 1 aliphatic rings. The van der Waals surface area contributed by atoms with Crippen molar-refractivity contribution in [2.75, 3.05) is 12.4 Å². The Morgan fingerprint density at radius 2 is 1.85 bits per heavy atom. The molecule has 6 nitrogen and oxygen atoms in total. The van der Waals surface area contributed by atoms with E-state index in [1.807, 2.05) is 27.7 Å². The van der Waals surface area contributed by atoms with Crippen LogP contribution in [0.1, 0.15) is 27.7 Å². The van der Waals surface area contributed by atoms with E-state index < -0.39 is 24.4 Å². The number of nitrogens with zero attached hydrogens (tertiary/aromatic N) is 1. The van der Waals surface area contributed by atoms with Crippen molar-refractivity contribution in [3.05, 3.63) is 18.5 Å². The van der Waals surface area contributed by atoms with Crippen molar-refractivity contribution >= 4 is 24.4 Å². The maximum atomic E-state index is 11.2. The van der Waals surface area contributed by atoms with Gasteiger partial charge in [-0.3, -0.25) is 10.3 Å². The number of pyridine rings is 1. The monoisotopic (exact) mass is 278 g/mol. The number of amides is 1. The molecule has 108 valence electrons. The van der Waals surface area contributed by atoms with Crippen LogP contribution in [0.15, 0.2) is 18.5 Å². The van der Waals surface area contributed by atoms with Crippen LogP contribution in [0.25, 0.3) is 0 Å². The van der Waals surface area contributed by atoms with E-state index in [1.54, 1.807) is 12.3 Å². The molecule has 1 N–H and O–H groups in total. The quantitative estimate of drug-likeness (QED) is 0.831. The minimum atomic E-state index is -0.544. The van der Waals surface area contributed by atoms with Gasteiger partial charge in [0.25, 0.3) is 0 Å². The number of anilines is 1. The SMILES string of the molecule is COC(=O)Nc1cncc(B2OC(C)(C)C(C)(C)O2)c1. The van der Waals surface area contributed by atoms with Crippen molar-refractivity contribution in [1.82, 2.24) is 4.98 Å². The van der Waals surface area contributed by atoms with Gasteiger partial charge in [-0.25, -0.2) is 4.79 Å². The highest BCUT2D eigenvalue weighted by molar-refractivity contribution is 6.62. The van der Waals surface area contributed by atoms with E-state index in [0.29, 0.717) is 5.69 Å². The number of rotatable bonds is 2. The molecule has 1 saturated heterocycles. The predicted molar refractivity (Wildman–Crippen MR) is 76.0 cm³/mol. The van der Waals surface area contributed by atoms with Crippen LogP contribution in [0.4, 0.5) is 10.5 Å². The normalized spacial score (nSPS) is 19.8. The number of methoxy groups -OCH3 is 1. The van der Waals surface area contributed by atoms with E-state index in [0.717, 1.165) is 5.46 Å². The average molecular weight is 278 g/mol. The standard InChI is InChI=1S/C13H19BN2O4/c1-12(2)13(3,4)20-14(19-12)9-6-10(8-15-7-9)16-11(17)18-5/h6-8H,1-5H3,(H,16,17). The lowest BCUT2D eigenvalue weighted by molar-refractivity contribution is 0.00578. The molecule has 0 atom stereocenters. The summed E-state index contributed by atoms with van der Waals surface area (Å²) in [4.78, 5) is 15.3. The van der Waals surface area contributed by atoms with Crippen LogP contribution in [-0.2, 0) is 14.0 Å². The Morgan fingerprint density at radius 1 is 1.25 bits per heavy atom. The largest absolute Gasteiger partial charge is 0.496 e. The zero-order valence-corrected chi connectivity index (χ0v) is 12.4. The van der Waals surface area contributed by atoms with E-state index in [2.05, 4.69) is 15.0 Å². The lowest BCUT2D eigenvalue weighted by atomic mass is 9.80. The Morgan fingerprint density at radius 3 is 2.40 bits per heavy atom. The van der Waals surface area contributed by atoms with Gasteiger partial charge >= 0.3 is 13.2 Å². The van der Waals surface area contributed by atoms with Crippen molar-refractivity contribution in [3.63, 3.8) is 0 Å². The van der Waals surface area contributed by atoms with Crippen LogP contribution in [0, 0.1) is 0 Å². The van der Waals surface area contributed by atoms with Crippen molar-refractivity contribution < 1.29 is 18.8 Å². The zero-order valence-electron chi connectivity index (χ0n) is 12.4. The maximum absolute atomic E-state index is 11.2. The second kappa shape index (κ2) is 5.07. The first-order valence-corrected chi connectivity index (χ1v) is 6.41. The molecule has 20 heavy (non-hydrogen) atoms. The van der Waals surface area contributed by atoms with Gasteiger partial charge in [0.05, 0.1) is 30.2 Å². The fourth-order valence-corrected chi connectivity index (χ4v) is 1.80. The van der Waals surface area contributed by atoms with Crippen LogP contribution in [0.3, 0.4) is 0 Å². The third-order valence-electron chi connectivity index (χ3n) is 3.72. The topological polar surface area (TPSA) is 69.7 Å². The number of hydrogen-bond donors (Lipinski definition) is 1. The molecule has 2 rings (SSSR count). The van der Waals surface area contributed by atoms with Crippen molar-refractivity contribution in [2.24, 2.45) is 0 Å². The minimum Gasteiger partial charge on any atom is -0.453 e. The summed E-state index contributed by atoms with van der Waals surface area (Å²) >= 11 is 0. The molecule has 2 heterocycles. The highest BCUT2D eigenvalue weighted by Crippen LogP contribution is 2.36. The molecular weight excluding hydrogens is 259 g/mol. The molecule has 1 aromatic rings. The molecule has 0 radical (unpaired) electrons. The van der Waals surface area contributed by atoms with Crippen molar-refractivity contribution in [1.29, 1.82) is 0 Å². The molecule has 0 unspecified atom stereocenters. The van der Waals surface area contributed by atoms with Gasteiger partial charge in [0.2, 0.25) is 0 Å². The fraction of sp³-hybridized carbons (Fsp3) is 0.538. The summed E-state index contributed by atoms with van der Waals surface area (Å²) in [6, 6.07) is 1.76. The third kappa shape index (κ3) is 2.78. The molecule has 0 saturated carbocycles. The summed E-state index contributed by atoms with van der Waals surface area (Å²) in [6.07, 6.45) is 2.65. The highest BCUT2D eigenvalue weighted by Gasteiger charge is 2.51. The van der Waals surface area contributed by atoms with Crippen LogP contribution in [0.2, 0.25) is 0 Å². The van der Waals surface area contributed by atoms with E-state index in [-0.39, 0.29) is 0 Å². The first kappa shape index (κ1) is 14.8. The number of nitrogens with one attached hydrogen (secondary N) is 1.